The SMILES string of the molecule is Cc1ccc(F)c(C(CN)N(C)C2CCC(C)CC2)c1. The summed E-state index contributed by atoms with van der Waals surface area (Å²) in [7, 11) is 2.10. The molecule has 1 aliphatic rings. The molecule has 0 saturated heterocycles. The van der Waals surface area contributed by atoms with Crippen LogP contribution in [0, 0.1) is 18.7 Å². The fourth-order valence-corrected chi connectivity index (χ4v) is 3.34. The molecular formula is C17H27FN2. The maximum atomic E-state index is 14.1. The first-order chi connectivity index (χ1) is 9.52. The van der Waals surface area contributed by atoms with Crippen LogP contribution in [0.5, 0.6) is 0 Å². The first-order valence-corrected chi connectivity index (χ1v) is 7.71. The molecule has 112 valence electrons. The van der Waals surface area contributed by atoms with Gasteiger partial charge in [0.25, 0.3) is 0 Å². The summed E-state index contributed by atoms with van der Waals surface area (Å²) < 4.78 is 14.1. The first-order valence-electron chi connectivity index (χ1n) is 7.71. The molecule has 1 unspecified atom stereocenters. The average Bonchev–Trinajstić information content (AvgIpc) is 2.44. The van der Waals surface area contributed by atoms with Gasteiger partial charge in [0.05, 0.1) is 0 Å². The standard InChI is InChI=1S/C17H27FN2/c1-12-4-7-14(8-5-12)20(3)17(11-19)15-10-13(2)6-9-16(15)18/h6,9-10,12,14,17H,4-5,7-8,11,19H2,1-3H3. The summed E-state index contributed by atoms with van der Waals surface area (Å²) in [6.45, 7) is 4.78. The number of benzene rings is 1. The van der Waals surface area contributed by atoms with Crippen LogP contribution in [0.2, 0.25) is 0 Å². The summed E-state index contributed by atoms with van der Waals surface area (Å²) in [6.07, 6.45) is 4.92. The number of aryl methyl sites for hydroxylation is 1. The Morgan fingerprint density at radius 1 is 1.30 bits per heavy atom. The Labute approximate surface area is 122 Å². The molecule has 0 aromatic heterocycles. The van der Waals surface area contributed by atoms with Gasteiger partial charge in [0.1, 0.15) is 5.82 Å². The van der Waals surface area contributed by atoms with Crippen molar-refractivity contribution in [3.63, 3.8) is 0 Å². The van der Waals surface area contributed by atoms with Gasteiger partial charge >= 0.3 is 0 Å². The molecule has 2 N–H and O–H groups in total. The molecule has 2 nitrogen and oxygen atoms in total. The van der Waals surface area contributed by atoms with Crippen LogP contribution >= 0.6 is 0 Å². The van der Waals surface area contributed by atoms with Crippen LogP contribution in [0.1, 0.15) is 49.8 Å². The van der Waals surface area contributed by atoms with Crippen LogP contribution in [0.3, 0.4) is 0 Å². The topological polar surface area (TPSA) is 29.3 Å². The predicted molar refractivity (Wildman–Crippen MR) is 82.1 cm³/mol. The van der Waals surface area contributed by atoms with E-state index in [0.717, 1.165) is 17.0 Å². The molecule has 0 spiro atoms. The van der Waals surface area contributed by atoms with Gasteiger partial charge in [-0.15, -0.1) is 0 Å². The Bertz CT molecular complexity index is 439. The second kappa shape index (κ2) is 6.68. The molecule has 1 aromatic rings. The Morgan fingerprint density at radius 3 is 2.55 bits per heavy atom. The zero-order valence-corrected chi connectivity index (χ0v) is 12.9. The van der Waals surface area contributed by atoms with Crippen molar-refractivity contribution >= 4 is 0 Å². The summed E-state index contributed by atoms with van der Waals surface area (Å²) in [5.74, 6) is 0.689. The van der Waals surface area contributed by atoms with Crippen molar-refractivity contribution in [2.75, 3.05) is 13.6 Å². The molecule has 0 amide bonds. The highest BCUT2D eigenvalue weighted by Crippen LogP contribution is 2.32. The summed E-state index contributed by atoms with van der Waals surface area (Å²) in [5, 5.41) is 0. The van der Waals surface area contributed by atoms with Crippen molar-refractivity contribution < 1.29 is 4.39 Å². The van der Waals surface area contributed by atoms with Gasteiger partial charge in [0.15, 0.2) is 0 Å². The summed E-state index contributed by atoms with van der Waals surface area (Å²) in [4.78, 5) is 2.30. The van der Waals surface area contributed by atoms with Crippen molar-refractivity contribution in [3.05, 3.63) is 35.1 Å². The molecule has 1 saturated carbocycles. The zero-order chi connectivity index (χ0) is 14.7. The zero-order valence-electron chi connectivity index (χ0n) is 12.9. The molecule has 1 aromatic carbocycles. The molecule has 3 heteroatoms. The van der Waals surface area contributed by atoms with Gasteiger partial charge in [-0.3, -0.25) is 4.90 Å². The monoisotopic (exact) mass is 278 g/mol. The normalized spacial score (nSPS) is 24.9. The molecule has 1 fully saturated rings. The van der Waals surface area contributed by atoms with Gasteiger partial charge in [0, 0.05) is 24.2 Å². The van der Waals surface area contributed by atoms with E-state index in [1.54, 1.807) is 6.07 Å². The summed E-state index contributed by atoms with van der Waals surface area (Å²) in [6, 6.07) is 5.82. The number of nitrogens with two attached hydrogens (primary N) is 1. The largest absolute Gasteiger partial charge is 0.329 e. The van der Waals surface area contributed by atoms with Gasteiger partial charge in [-0.05, 0) is 51.6 Å². The summed E-state index contributed by atoms with van der Waals surface area (Å²) in [5.41, 5.74) is 7.78. The molecule has 0 heterocycles. The van der Waals surface area contributed by atoms with Crippen LogP contribution in [0.15, 0.2) is 18.2 Å². The Hall–Kier alpha value is -0.930. The second-order valence-corrected chi connectivity index (χ2v) is 6.36. The molecule has 1 aliphatic carbocycles. The minimum absolute atomic E-state index is 0.0201. The number of hydrogen-bond acceptors (Lipinski definition) is 2. The van der Waals surface area contributed by atoms with Gasteiger partial charge in [-0.1, -0.05) is 24.6 Å². The smallest absolute Gasteiger partial charge is 0.128 e. The van der Waals surface area contributed by atoms with Crippen LogP contribution in [0.25, 0.3) is 0 Å². The van der Waals surface area contributed by atoms with Crippen LogP contribution < -0.4 is 5.73 Å². The van der Waals surface area contributed by atoms with Gasteiger partial charge in [-0.2, -0.15) is 0 Å². The Kier molecular flexibility index (Phi) is 5.17. The third kappa shape index (κ3) is 3.39. The Morgan fingerprint density at radius 2 is 1.95 bits per heavy atom. The number of rotatable bonds is 4. The fraction of sp³-hybridized carbons (Fsp3) is 0.647. The van der Waals surface area contributed by atoms with Gasteiger partial charge in [0.2, 0.25) is 0 Å². The van der Waals surface area contributed by atoms with E-state index in [9.17, 15) is 4.39 Å². The number of nitrogens with zero attached hydrogens (tertiary/aromatic N) is 1. The van der Waals surface area contributed by atoms with E-state index in [2.05, 4.69) is 18.9 Å². The highest BCUT2D eigenvalue weighted by molar-refractivity contribution is 5.27. The maximum absolute atomic E-state index is 14.1. The van der Waals surface area contributed by atoms with Gasteiger partial charge < -0.3 is 5.73 Å². The second-order valence-electron chi connectivity index (χ2n) is 6.36. The molecule has 0 bridgehead atoms. The summed E-state index contributed by atoms with van der Waals surface area (Å²) >= 11 is 0. The lowest BCUT2D eigenvalue weighted by Gasteiger charge is -2.38. The van der Waals surface area contributed by atoms with Crippen molar-refractivity contribution in [3.8, 4) is 0 Å². The van der Waals surface area contributed by atoms with Crippen LogP contribution in [-0.2, 0) is 0 Å². The van der Waals surface area contributed by atoms with E-state index in [-0.39, 0.29) is 11.9 Å². The lowest BCUT2D eigenvalue weighted by molar-refractivity contribution is 0.124. The minimum atomic E-state index is -0.137. The van der Waals surface area contributed by atoms with Gasteiger partial charge in [-0.25, -0.2) is 4.39 Å². The molecule has 2 rings (SSSR count). The lowest BCUT2D eigenvalue weighted by atomic mass is 9.85. The highest BCUT2D eigenvalue weighted by atomic mass is 19.1. The quantitative estimate of drug-likeness (QED) is 0.911. The molecule has 1 atom stereocenters. The maximum Gasteiger partial charge on any atom is 0.128 e. The van der Waals surface area contributed by atoms with E-state index in [1.807, 2.05) is 19.1 Å². The molecule has 20 heavy (non-hydrogen) atoms. The lowest BCUT2D eigenvalue weighted by Crippen LogP contribution is -2.40. The highest BCUT2D eigenvalue weighted by Gasteiger charge is 2.28. The first kappa shape index (κ1) is 15.5. The van der Waals surface area contributed by atoms with Crippen LogP contribution in [0.4, 0.5) is 4.39 Å². The van der Waals surface area contributed by atoms with E-state index in [0.29, 0.717) is 12.6 Å². The van der Waals surface area contributed by atoms with E-state index in [1.165, 1.54) is 25.7 Å². The fourth-order valence-electron chi connectivity index (χ4n) is 3.34. The minimum Gasteiger partial charge on any atom is -0.329 e. The van der Waals surface area contributed by atoms with Crippen molar-refractivity contribution in [2.24, 2.45) is 11.7 Å². The van der Waals surface area contributed by atoms with Crippen molar-refractivity contribution in [1.82, 2.24) is 4.90 Å². The predicted octanol–water partition coefficient (Wildman–Crippen LogP) is 3.64. The van der Waals surface area contributed by atoms with E-state index in [4.69, 9.17) is 5.73 Å². The third-order valence-electron chi connectivity index (χ3n) is 4.79. The third-order valence-corrected chi connectivity index (χ3v) is 4.79. The average molecular weight is 278 g/mol. The number of hydrogen-bond donors (Lipinski definition) is 1. The molecular weight excluding hydrogens is 251 g/mol. The Balaban J connectivity index is 2.16. The number of halogens is 1. The number of likely N-dealkylation sites (N-methyl/N-ethyl adjacent to an activating group) is 1. The van der Waals surface area contributed by atoms with Crippen molar-refractivity contribution in [2.45, 2.75) is 51.6 Å². The van der Waals surface area contributed by atoms with Crippen LogP contribution in [-0.4, -0.2) is 24.5 Å². The molecule has 0 aliphatic heterocycles. The van der Waals surface area contributed by atoms with E-state index < -0.39 is 0 Å². The molecule has 0 radical (unpaired) electrons. The van der Waals surface area contributed by atoms with Crippen molar-refractivity contribution in [1.29, 1.82) is 0 Å². The van der Waals surface area contributed by atoms with E-state index >= 15 is 0 Å².